The van der Waals surface area contributed by atoms with Gasteiger partial charge in [-0.15, -0.1) is 0 Å². The Bertz CT molecular complexity index is 785. The Hall–Kier alpha value is -2.59. The van der Waals surface area contributed by atoms with Gasteiger partial charge >= 0.3 is 0 Å². The number of carbonyl (C=O) groups is 2. The van der Waals surface area contributed by atoms with Crippen LogP contribution in [0.25, 0.3) is 6.08 Å². The number of benzene rings is 2. The number of hydrogen-bond donors (Lipinski definition) is 1. The van der Waals surface area contributed by atoms with Gasteiger partial charge in [-0.2, -0.15) is 0 Å². The van der Waals surface area contributed by atoms with Crippen LogP contribution in [-0.2, 0) is 9.59 Å². The SMILES string of the molecule is CCCN(CC(=O)Nc1ccccc1C)C(=O)/C=C/c1ccc(Cl)cc1. The lowest BCUT2D eigenvalue weighted by molar-refractivity contribution is -0.130. The van der Waals surface area contributed by atoms with Crippen molar-refractivity contribution < 1.29 is 9.59 Å². The molecule has 0 heterocycles. The molecule has 2 aromatic rings. The Labute approximate surface area is 159 Å². The zero-order valence-electron chi connectivity index (χ0n) is 15.0. The highest BCUT2D eigenvalue weighted by Crippen LogP contribution is 2.13. The van der Waals surface area contributed by atoms with Crippen LogP contribution < -0.4 is 5.32 Å². The van der Waals surface area contributed by atoms with Gasteiger partial charge in [0.2, 0.25) is 11.8 Å². The number of nitrogens with one attached hydrogen (secondary N) is 1. The van der Waals surface area contributed by atoms with E-state index in [-0.39, 0.29) is 18.4 Å². The van der Waals surface area contributed by atoms with E-state index in [1.807, 2.05) is 50.2 Å². The number of hydrogen-bond acceptors (Lipinski definition) is 2. The molecule has 0 radical (unpaired) electrons. The van der Waals surface area contributed by atoms with Gasteiger partial charge < -0.3 is 10.2 Å². The molecule has 26 heavy (non-hydrogen) atoms. The summed E-state index contributed by atoms with van der Waals surface area (Å²) >= 11 is 5.86. The molecule has 0 fully saturated rings. The Kier molecular flexibility index (Phi) is 7.42. The number of amides is 2. The normalized spacial score (nSPS) is 10.7. The van der Waals surface area contributed by atoms with E-state index in [0.29, 0.717) is 11.6 Å². The third-order valence-corrected chi connectivity index (χ3v) is 4.10. The zero-order chi connectivity index (χ0) is 18.9. The summed E-state index contributed by atoms with van der Waals surface area (Å²) in [6.45, 7) is 4.44. The van der Waals surface area contributed by atoms with Crippen molar-refractivity contribution in [3.63, 3.8) is 0 Å². The highest BCUT2D eigenvalue weighted by molar-refractivity contribution is 6.30. The average Bonchev–Trinajstić information content (AvgIpc) is 2.62. The van der Waals surface area contributed by atoms with Crippen molar-refractivity contribution in [3.8, 4) is 0 Å². The second kappa shape index (κ2) is 9.78. The number of para-hydroxylation sites is 1. The van der Waals surface area contributed by atoms with Crippen molar-refractivity contribution in [2.24, 2.45) is 0 Å². The Balaban J connectivity index is 2.00. The maximum Gasteiger partial charge on any atom is 0.247 e. The van der Waals surface area contributed by atoms with Crippen molar-refractivity contribution in [1.82, 2.24) is 4.90 Å². The predicted molar refractivity (Wildman–Crippen MR) is 107 cm³/mol. The summed E-state index contributed by atoms with van der Waals surface area (Å²) in [5, 5.41) is 3.51. The molecule has 0 atom stereocenters. The van der Waals surface area contributed by atoms with E-state index in [2.05, 4.69) is 5.32 Å². The van der Waals surface area contributed by atoms with Crippen molar-refractivity contribution >= 4 is 35.2 Å². The van der Waals surface area contributed by atoms with Crippen LogP contribution in [0.5, 0.6) is 0 Å². The molecule has 0 aromatic heterocycles. The lowest BCUT2D eigenvalue weighted by Gasteiger charge is -2.20. The first-order chi connectivity index (χ1) is 12.5. The zero-order valence-corrected chi connectivity index (χ0v) is 15.8. The highest BCUT2D eigenvalue weighted by Gasteiger charge is 2.14. The van der Waals surface area contributed by atoms with Crippen molar-refractivity contribution in [2.75, 3.05) is 18.4 Å². The van der Waals surface area contributed by atoms with Crippen molar-refractivity contribution in [1.29, 1.82) is 0 Å². The summed E-state index contributed by atoms with van der Waals surface area (Å²) in [6, 6.07) is 14.8. The van der Waals surface area contributed by atoms with Gasteiger partial charge in [-0.25, -0.2) is 0 Å². The fourth-order valence-electron chi connectivity index (χ4n) is 2.46. The lowest BCUT2D eigenvalue weighted by atomic mass is 10.2. The Morgan fingerprint density at radius 1 is 1.12 bits per heavy atom. The molecule has 0 aliphatic carbocycles. The van der Waals surface area contributed by atoms with Crippen LogP contribution >= 0.6 is 11.6 Å². The van der Waals surface area contributed by atoms with E-state index in [1.165, 1.54) is 6.08 Å². The minimum atomic E-state index is -0.207. The first-order valence-electron chi connectivity index (χ1n) is 8.57. The summed E-state index contributed by atoms with van der Waals surface area (Å²) in [6.07, 6.45) is 3.98. The van der Waals surface area contributed by atoms with E-state index in [9.17, 15) is 9.59 Å². The minimum Gasteiger partial charge on any atom is -0.330 e. The highest BCUT2D eigenvalue weighted by atomic mass is 35.5. The third-order valence-electron chi connectivity index (χ3n) is 3.85. The van der Waals surface area contributed by atoms with Gasteiger partial charge in [-0.1, -0.05) is 48.9 Å². The van der Waals surface area contributed by atoms with E-state index in [4.69, 9.17) is 11.6 Å². The van der Waals surface area contributed by atoms with Crippen LogP contribution in [0.15, 0.2) is 54.6 Å². The van der Waals surface area contributed by atoms with Crippen LogP contribution in [0.4, 0.5) is 5.69 Å². The quantitative estimate of drug-likeness (QED) is 0.727. The van der Waals surface area contributed by atoms with Gasteiger partial charge in [0.25, 0.3) is 0 Å². The van der Waals surface area contributed by atoms with Gasteiger partial charge in [-0.05, 0) is 48.7 Å². The maximum atomic E-state index is 12.5. The third kappa shape index (κ3) is 6.05. The van der Waals surface area contributed by atoms with Crippen LogP contribution in [0.1, 0.15) is 24.5 Å². The lowest BCUT2D eigenvalue weighted by Crippen LogP contribution is -2.37. The summed E-state index contributed by atoms with van der Waals surface area (Å²) in [7, 11) is 0. The van der Waals surface area contributed by atoms with E-state index < -0.39 is 0 Å². The molecule has 0 aliphatic rings. The topological polar surface area (TPSA) is 49.4 Å². The number of anilines is 1. The molecular formula is C21H23ClN2O2. The van der Waals surface area contributed by atoms with E-state index in [1.54, 1.807) is 23.1 Å². The number of aryl methyl sites for hydroxylation is 1. The number of carbonyl (C=O) groups excluding carboxylic acids is 2. The minimum absolute atomic E-state index is 0.0198. The molecular weight excluding hydrogens is 348 g/mol. The summed E-state index contributed by atoms with van der Waals surface area (Å²) in [5.74, 6) is -0.400. The summed E-state index contributed by atoms with van der Waals surface area (Å²) in [4.78, 5) is 26.3. The molecule has 2 aromatic carbocycles. The predicted octanol–water partition coefficient (Wildman–Crippen LogP) is 4.54. The second-order valence-corrected chi connectivity index (χ2v) is 6.44. The molecule has 1 N–H and O–H groups in total. The monoisotopic (exact) mass is 370 g/mol. The van der Waals surface area contributed by atoms with Crippen molar-refractivity contribution in [3.05, 3.63) is 70.8 Å². The largest absolute Gasteiger partial charge is 0.330 e. The molecule has 2 amide bonds. The molecule has 2 rings (SSSR count). The standard InChI is InChI=1S/C21H23ClN2O2/c1-3-14-24(15-20(25)23-19-7-5-4-6-16(19)2)21(26)13-10-17-8-11-18(22)12-9-17/h4-13H,3,14-15H2,1-2H3,(H,23,25)/b13-10+. The van der Waals surface area contributed by atoms with Gasteiger partial charge in [0, 0.05) is 23.3 Å². The summed E-state index contributed by atoms with van der Waals surface area (Å²) < 4.78 is 0. The van der Waals surface area contributed by atoms with Crippen LogP contribution in [0, 0.1) is 6.92 Å². The molecule has 0 aliphatic heterocycles. The molecule has 0 unspecified atom stereocenters. The van der Waals surface area contributed by atoms with Crippen molar-refractivity contribution in [2.45, 2.75) is 20.3 Å². The molecule has 0 bridgehead atoms. The van der Waals surface area contributed by atoms with Crippen LogP contribution in [-0.4, -0.2) is 29.8 Å². The van der Waals surface area contributed by atoms with Gasteiger partial charge in [-0.3, -0.25) is 9.59 Å². The van der Waals surface area contributed by atoms with Gasteiger partial charge in [0.05, 0.1) is 0 Å². The first kappa shape index (κ1) is 19.7. The molecule has 5 heteroatoms. The second-order valence-electron chi connectivity index (χ2n) is 6.01. The maximum absolute atomic E-state index is 12.5. The van der Waals surface area contributed by atoms with E-state index >= 15 is 0 Å². The Morgan fingerprint density at radius 3 is 2.46 bits per heavy atom. The first-order valence-corrected chi connectivity index (χ1v) is 8.95. The van der Waals surface area contributed by atoms with E-state index in [0.717, 1.165) is 23.2 Å². The van der Waals surface area contributed by atoms with Crippen LogP contribution in [0.2, 0.25) is 5.02 Å². The fraction of sp³-hybridized carbons (Fsp3) is 0.238. The van der Waals surface area contributed by atoms with Crippen LogP contribution in [0.3, 0.4) is 0 Å². The smallest absolute Gasteiger partial charge is 0.247 e. The van der Waals surface area contributed by atoms with Gasteiger partial charge in [0.15, 0.2) is 0 Å². The molecule has 4 nitrogen and oxygen atoms in total. The summed E-state index contributed by atoms with van der Waals surface area (Å²) in [5.41, 5.74) is 2.62. The fourth-order valence-corrected chi connectivity index (χ4v) is 2.59. The molecule has 0 saturated heterocycles. The number of nitrogens with zero attached hydrogens (tertiary/aromatic N) is 1. The molecule has 0 spiro atoms. The average molecular weight is 371 g/mol. The Morgan fingerprint density at radius 2 is 1.81 bits per heavy atom. The molecule has 0 saturated carbocycles. The molecule has 136 valence electrons. The van der Waals surface area contributed by atoms with Gasteiger partial charge in [0.1, 0.15) is 6.54 Å². The number of halogens is 1. The number of rotatable bonds is 7.